The third-order valence-corrected chi connectivity index (χ3v) is 4.51. The van der Waals surface area contributed by atoms with Crippen LogP contribution in [0.1, 0.15) is 23.1 Å². The molecule has 1 aliphatic rings. The van der Waals surface area contributed by atoms with Crippen LogP contribution in [0.15, 0.2) is 65.2 Å². The number of benzene rings is 2. The highest BCUT2D eigenvalue weighted by Gasteiger charge is 2.28. The molecule has 0 bridgehead atoms. The first kappa shape index (κ1) is 14.9. The molecule has 2 aromatic heterocycles. The Kier molecular flexibility index (Phi) is 3.52. The molecule has 1 aliphatic heterocycles. The lowest BCUT2D eigenvalue weighted by Crippen LogP contribution is -2.03. The Bertz CT molecular complexity index is 1050. The zero-order chi connectivity index (χ0) is 17.3. The van der Waals surface area contributed by atoms with Crippen LogP contribution in [0.2, 0.25) is 0 Å². The molecular formula is C20H16N4O2. The first-order valence-electron chi connectivity index (χ1n) is 8.51. The van der Waals surface area contributed by atoms with Gasteiger partial charge in [0.2, 0.25) is 0 Å². The number of para-hydroxylation sites is 2. The highest BCUT2D eigenvalue weighted by Crippen LogP contribution is 2.36. The number of rotatable bonds is 4. The van der Waals surface area contributed by atoms with E-state index in [1.165, 1.54) is 0 Å². The van der Waals surface area contributed by atoms with Gasteiger partial charge < -0.3 is 14.5 Å². The standard InChI is InChI=1S/C20H16N4O2/c1-2-9-16-14(5-1)11-17(25-16)19-23-24-20(26-19)22-12-15-7-3-6-13-8-4-10-21-18(13)15/h1-10,17H,11-12H2,(H,22,24)/t17-/m1/s1. The second-order valence-electron chi connectivity index (χ2n) is 6.21. The maximum Gasteiger partial charge on any atom is 0.315 e. The summed E-state index contributed by atoms with van der Waals surface area (Å²) in [6.07, 6.45) is 2.31. The van der Waals surface area contributed by atoms with Crippen molar-refractivity contribution in [1.82, 2.24) is 15.2 Å². The number of fused-ring (bicyclic) bond motifs is 2. The number of ether oxygens (including phenoxy) is 1. The Morgan fingerprint density at radius 3 is 2.88 bits per heavy atom. The Morgan fingerprint density at radius 1 is 1.00 bits per heavy atom. The number of aromatic nitrogens is 3. The summed E-state index contributed by atoms with van der Waals surface area (Å²) >= 11 is 0. The van der Waals surface area contributed by atoms with Gasteiger partial charge in [0.1, 0.15) is 5.75 Å². The van der Waals surface area contributed by atoms with Gasteiger partial charge in [0, 0.05) is 24.5 Å². The molecule has 0 saturated heterocycles. The first-order valence-corrected chi connectivity index (χ1v) is 8.51. The third kappa shape index (κ3) is 2.65. The fraction of sp³-hybridized carbons (Fsp3) is 0.150. The number of nitrogens with one attached hydrogen (secondary N) is 1. The van der Waals surface area contributed by atoms with Crippen molar-refractivity contribution in [2.45, 2.75) is 19.1 Å². The Labute approximate surface area is 149 Å². The molecule has 128 valence electrons. The molecule has 0 radical (unpaired) electrons. The highest BCUT2D eigenvalue weighted by atomic mass is 16.5. The molecule has 5 rings (SSSR count). The van der Waals surface area contributed by atoms with Gasteiger partial charge in [-0.25, -0.2) is 0 Å². The van der Waals surface area contributed by atoms with E-state index in [9.17, 15) is 0 Å². The van der Waals surface area contributed by atoms with Crippen molar-refractivity contribution in [2.75, 3.05) is 5.32 Å². The summed E-state index contributed by atoms with van der Waals surface area (Å²) in [6.45, 7) is 0.557. The van der Waals surface area contributed by atoms with E-state index in [-0.39, 0.29) is 6.10 Å². The van der Waals surface area contributed by atoms with E-state index in [4.69, 9.17) is 9.15 Å². The van der Waals surface area contributed by atoms with Gasteiger partial charge in [-0.2, -0.15) is 0 Å². The van der Waals surface area contributed by atoms with Crippen molar-refractivity contribution >= 4 is 16.9 Å². The van der Waals surface area contributed by atoms with E-state index in [1.54, 1.807) is 6.20 Å². The maximum atomic E-state index is 5.89. The minimum atomic E-state index is -0.227. The van der Waals surface area contributed by atoms with E-state index in [2.05, 4.69) is 26.6 Å². The van der Waals surface area contributed by atoms with E-state index in [0.29, 0.717) is 18.5 Å². The lowest BCUT2D eigenvalue weighted by atomic mass is 10.1. The van der Waals surface area contributed by atoms with Gasteiger partial charge in [0.15, 0.2) is 6.10 Å². The smallest absolute Gasteiger partial charge is 0.315 e. The molecular weight excluding hydrogens is 328 g/mol. The average molecular weight is 344 g/mol. The molecule has 1 atom stereocenters. The van der Waals surface area contributed by atoms with E-state index in [1.807, 2.05) is 48.5 Å². The number of hydrogen-bond acceptors (Lipinski definition) is 6. The highest BCUT2D eigenvalue weighted by molar-refractivity contribution is 5.81. The fourth-order valence-corrected chi connectivity index (χ4v) is 3.24. The van der Waals surface area contributed by atoms with Crippen LogP contribution in [0.25, 0.3) is 10.9 Å². The minimum absolute atomic E-state index is 0.227. The monoisotopic (exact) mass is 344 g/mol. The zero-order valence-corrected chi connectivity index (χ0v) is 13.9. The van der Waals surface area contributed by atoms with Gasteiger partial charge in [-0.1, -0.05) is 47.6 Å². The largest absolute Gasteiger partial charge is 0.480 e. The molecule has 1 N–H and O–H groups in total. The van der Waals surface area contributed by atoms with Gasteiger partial charge in [-0.3, -0.25) is 4.98 Å². The van der Waals surface area contributed by atoms with Crippen LogP contribution in [0.5, 0.6) is 5.75 Å². The summed E-state index contributed by atoms with van der Waals surface area (Å²) < 4.78 is 11.6. The lowest BCUT2D eigenvalue weighted by molar-refractivity contribution is 0.199. The van der Waals surface area contributed by atoms with E-state index in [0.717, 1.165) is 34.2 Å². The topological polar surface area (TPSA) is 73.1 Å². The fourth-order valence-electron chi connectivity index (χ4n) is 3.24. The number of pyridine rings is 1. The van der Waals surface area contributed by atoms with Crippen molar-refractivity contribution in [3.8, 4) is 5.75 Å². The van der Waals surface area contributed by atoms with Crippen molar-refractivity contribution in [1.29, 1.82) is 0 Å². The summed E-state index contributed by atoms with van der Waals surface area (Å²) in [5, 5.41) is 12.5. The normalized spacial score (nSPS) is 15.6. The lowest BCUT2D eigenvalue weighted by Gasteiger charge is -2.06. The van der Waals surface area contributed by atoms with Crippen molar-refractivity contribution in [2.24, 2.45) is 0 Å². The van der Waals surface area contributed by atoms with Crippen LogP contribution in [-0.4, -0.2) is 15.2 Å². The minimum Gasteiger partial charge on any atom is -0.480 e. The van der Waals surface area contributed by atoms with Crippen LogP contribution in [0.4, 0.5) is 6.01 Å². The quantitative estimate of drug-likeness (QED) is 0.605. The average Bonchev–Trinajstić information content (AvgIpc) is 3.33. The van der Waals surface area contributed by atoms with Gasteiger partial charge in [0.25, 0.3) is 5.89 Å². The van der Waals surface area contributed by atoms with Crippen molar-refractivity contribution in [3.05, 3.63) is 77.8 Å². The van der Waals surface area contributed by atoms with Gasteiger partial charge >= 0.3 is 6.01 Å². The summed E-state index contributed by atoms with van der Waals surface area (Å²) in [5.74, 6) is 1.37. The Hall–Kier alpha value is -3.41. The Balaban J connectivity index is 1.31. The van der Waals surface area contributed by atoms with E-state index >= 15 is 0 Å². The summed E-state index contributed by atoms with van der Waals surface area (Å²) in [7, 11) is 0. The molecule has 6 heteroatoms. The van der Waals surface area contributed by atoms with Crippen molar-refractivity contribution < 1.29 is 9.15 Å². The summed E-state index contributed by atoms with van der Waals surface area (Å²) in [4.78, 5) is 4.46. The van der Waals surface area contributed by atoms with Crippen molar-refractivity contribution in [3.63, 3.8) is 0 Å². The van der Waals surface area contributed by atoms with Crippen LogP contribution in [0.3, 0.4) is 0 Å². The second kappa shape index (κ2) is 6.15. The van der Waals surface area contributed by atoms with E-state index < -0.39 is 0 Å². The van der Waals surface area contributed by atoms with Crippen LogP contribution in [-0.2, 0) is 13.0 Å². The number of nitrogens with zero attached hydrogens (tertiary/aromatic N) is 3. The maximum absolute atomic E-state index is 5.89. The molecule has 0 spiro atoms. The second-order valence-corrected chi connectivity index (χ2v) is 6.21. The molecule has 6 nitrogen and oxygen atoms in total. The van der Waals surface area contributed by atoms with Gasteiger partial charge in [-0.05, 0) is 23.3 Å². The van der Waals surface area contributed by atoms with Gasteiger partial charge in [0.05, 0.1) is 5.52 Å². The molecule has 0 saturated carbocycles. The zero-order valence-electron chi connectivity index (χ0n) is 13.9. The van der Waals surface area contributed by atoms with Crippen LogP contribution >= 0.6 is 0 Å². The summed E-state index contributed by atoms with van der Waals surface area (Å²) in [6, 6.07) is 18.4. The molecule has 3 heterocycles. The SMILES string of the molecule is c1ccc2c(c1)C[C@H](c1nnc(NCc3cccc4cccnc34)o1)O2. The summed E-state index contributed by atoms with van der Waals surface area (Å²) in [5.41, 5.74) is 3.20. The molecule has 2 aromatic carbocycles. The number of anilines is 1. The third-order valence-electron chi connectivity index (χ3n) is 4.51. The van der Waals surface area contributed by atoms with Crippen LogP contribution in [0, 0.1) is 0 Å². The van der Waals surface area contributed by atoms with Crippen LogP contribution < -0.4 is 10.1 Å². The molecule has 0 fully saturated rings. The molecule has 4 aromatic rings. The predicted molar refractivity (Wildman–Crippen MR) is 96.9 cm³/mol. The molecule has 0 unspecified atom stereocenters. The molecule has 0 amide bonds. The Morgan fingerprint density at radius 2 is 1.92 bits per heavy atom. The predicted octanol–water partition coefficient (Wildman–Crippen LogP) is 3.91. The van der Waals surface area contributed by atoms with Gasteiger partial charge in [-0.15, -0.1) is 5.10 Å². The first-order chi connectivity index (χ1) is 12.9. The molecule has 0 aliphatic carbocycles. The molecule has 26 heavy (non-hydrogen) atoms. The number of hydrogen-bond donors (Lipinski definition) is 1.